The summed E-state index contributed by atoms with van der Waals surface area (Å²) in [7, 11) is 0. The molecule has 0 bridgehead atoms. The quantitative estimate of drug-likeness (QED) is 0.484. The molecule has 1 aliphatic heterocycles. The van der Waals surface area contributed by atoms with Crippen LogP contribution in [-0.2, 0) is 0 Å². The van der Waals surface area contributed by atoms with Crippen molar-refractivity contribution in [2.75, 3.05) is 0 Å². The molecule has 0 unspecified atom stereocenters. The summed E-state index contributed by atoms with van der Waals surface area (Å²) in [6.45, 7) is 0. The summed E-state index contributed by atoms with van der Waals surface area (Å²) in [4.78, 5) is 28.7. The molecule has 12 heavy (non-hydrogen) atoms. The van der Waals surface area contributed by atoms with Crippen molar-refractivity contribution in [3.8, 4) is 5.88 Å². The Bertz CT molecular complexity index is 388. The molecule has 0 saturated heterocycles. The third-order valence-corrected chi connectivity index (χ3v) is 1.42. The minimum Gasteiger partial charge on any atom is -0.492 e. The summed E-state index contributed by atoms with van der Waals surface area (Å²) in [5.74, 6) is -1.58. The molecule has 1 aromatic heterocycles. The first kappa shape index (κ1) is 6.71. The van der Waals surface area contributed by atoms with E-state index in [4.69, 9.17) is 5.11 Å². The molecule has 0 fully saturated rings. The molecule has 60 valence electrons. The summed E-state index contributed by atoms with van der Waals surface area (Å²) in [5.41, 5.74) is -0.169. The molecule has 2 heterocycles. The maximum Gasteiger partial charge on any atom is 0.279 e. The van der Waals surface area contributed by atoms with Gasteiger partial charge in [-0.15, -0.1) is 0 Å². The SMILES string of the molecule is O=C1NC(=O)c2nc(O)cnc21. The van der Waals surface area contributed by atoms with Crippen LogP contribution < -0.4 is 5.32 Å². The van der Waals surface area contributed by atoms with E-state index >= 15 is 0 Å². The fourth-order valence-electron chi connectivity index (χ4n) is 0.926. The van der Waals surface area contributed by atoms with Gasteiger partial charge in [0.1, 0.15) is 0 Å². The highest BCUT2D eigenvalue weighted by molar-refractivity contribution is 6.19. The van der Waals surface area contributed by atoms with Gasteiger partial charge in [-0.25, -0.2) is 9.97 Å². The van der Waals surface area contributed by atoms with Crippen molar-refractivity contribution in [3.63, 3.8) is 0 Å². The van der Waals surface area contributed by atoms with E-state index in [-0.39, 0.29) is 17.3 Å². The molecule has 2 amide bonds. The average molecular weight is 165 g/mol. The molecule has 0 atom stereocenters. The molecular weight excluding hydrogens is 162 g/mol. The Kier molecular flexibility index (Phi) is 1.12. The van der Waals surface area contributed by atoms with E-state index in [1.807, 2.05) is 5.32 Å². The van der Waals surface area contributed by atoms with E-state index in [1.165, 1.54) is 0 Å². The number of imide groups is 1. The lowest BCUT2D eigenvalue weighted by Crippen LogP contribution is -2.20. The first-order chi connectivity index (χ1) is 5.68. The van der Waals surface area contributed by atoms with Gasteiger partial charge in [0.25, 0.3) is 11.8 Å². The number of carbonyl (C=O) groups excluding carboxylic acids is 2. The number of amides is 2. The smallest absolute Gasteiger partial charge is 0.279 e. The Balaban J connectivity index is 2.68. The first-order valence-electron chi connectivity index (χ1n) is 3.10. The van der Waals surface area contributed by atoms with E-state index in [0.29, 0.717) is 0 Å². The number of nitrogens with one attached hydrogen (secondary N) is 1. The molecule has 0 aliphatic carbocycles. The lowest BCUT2D eigenvalue weighted by Gasteiger charge is -1.91. The highest BCUT2D eigenvalue weighted by atomic mass is 16.3. The summed E-state index contributed by atoms with van der Waals surface area (Å²) in [6, 6.07) is 0. The Morgan fingerprint density at radius 3 is 2.67 bits per heavy atom. The number of aromatic nitrogens is 2. The summed E-state index contributed by atoms with van der Waals surface area (Å²) in [5, 5.41) is 10.8. The molecule has 2 N–H and O–H groups in total. The Morgan fingerprint density at radius 2 is 1.92 bits per heavy atom. The predicted octanol–water partition coefficient (Wildman–Crippen LogP) is -0.934. The maximum atomic E-state index is 10.9. The van der Waals surface area contributed by atoms with Crippen molar-refractivity contribution in [3.05, 3.63) is 17.6 Å². The lowest BCUT2D eigenvalue weighted by atomic mass is 10.3. The van der Waals surface area contributed by atoms with Gasteiger partial charge in [0.05, 0.1) is 6.20 Å². The van der Waals surface area contributed by atoms with Crippen LogP contribution in [-0.4, -0.2) is 26.9 Å². The highest BCUT2D eigenvalue weighted by Gasteiger charge is 2.30. The highest BCUT2D eigenvalue weighted by Crippen LogP contribution is 2.12. The van der Waals surface area contributed by atoms with Crippen molar-refractivity contribution < 1.29 is 14.7 Å². The number of hydrogen-bond donors (Lipinski definition) is 2. The fraction of sp³-hybridized carbons (Fsp3) is 0. The van der Waals surface area contributed by atoms with Gasteiger partial charge < -0.3 is 5.11 Å². The zero-order chi connectivity index (χ0) is 8.72. The zero-order valence-corrected chi connectivity index (χ0v) is 5.74. The molecule has 6 nitrogen and oxygen atoms in total. The molecule has 0 spiro atoms. The Hall–Kier alpha value is -1.98. The number of hydrogen-bond acceptors (Lipinski definition) is 5. The molecule has 0 saturated carbocycles. The molecular formula is C6H3N3O3. The van der Waals surface area contributed by atoms with Gasteiger partial charge in [-0.3, -0.25) is 14.9 Å². The monoisotopic (exact) mass is 165 g/mol. The second kappa shape index (κ2) is 2.00. The van der Waals surface area contributed by atoms with Crippen molar-refractivity contribution in [1.82, 2.24) is 15.3 Å². The molecule has 2 rings (SSSR count). The van der Waals surface area contributed by atoms with E-state index in [0.717, 1.165) is 6.20 Å². The number of carbonyl (C=O) groups is 2. The van der Waals surface area contributed by atoms with Crippen LogP contribution >= 0.6 is 0 Å². The second-order valence-electron chi connectivity index (χ2n) is 2.21. The largest absolute Gasteiger partial charge is 0.492 e. The summed E-state index contributed by atoms with van der Waals surface area (Å²) in [6.07, 6.45) is 1.01. The molecule has 0 aromatic carbocycles. The van der Waals surface area contributed by atoms with Crippen LogP contribution in [0.5, 0.6) is 5.88 Å². The molecule has 1 aliphatic rings. The van der Waals surface area contributed by atoms with Crippen LogP contribution in [0.2, 0.25) is 0 Å². The van der Waals surface area contributed by atoms with E-state index < -0.39 is 11.8 Å². The molecule has 0 radical (unpaired) electrons. The lowest BCUT2D eigenvalue weighted by molar-refractivity contribution is 0.0876. The number of fused-ring (bicyclic) bond motifs is 1. The van der Waals surface area contributed by atoms with Crippen LogP contribution in [0.15, 0.2) is 6.20 Å². The Morgan fingerprint density at radius 1 is 1.25 bits per heavy atom. The standard InChI is InChI=1S/C6H3N3O3/c10-2-1-7-3-4(8-2)6(12)9-5(3)11/h1H,(H,8,10)(H,9,11,12). The van der Waals surface area contributed by atoms with Gasteiger partial charge >= 0.3 is 0 Å². The second-order valence-corrected chi connectivity index (χ2v) is 2.21. The molecule has 6 heteroatoms. The fourth-order valence-corrected chi connectivity index (χ4v) is 0.926. The topological polar surface area (TPSA) is 92.2 Å². The van der Waals surface area contributed by atoms with Crippen LogP contribution in [0.1, 0.15) is 21.0 Å². The van der Waals surface area contributed by atoms with Gasteiger partial charge in [0.2, 0.25) is 5.88 Å². The van der Waals surface area contributed by atoms with Gasteiger partial charge in [0, 0.05) is 0 Å². The Labute approximate surface area is 66.3 Å². The van der Waals surface area contributed by atoms with Gasteiger partial charge in [0.15, 0.2) is 11.4 Å². The van der Waals surface area contributed by atoms with Crippen molar-refractivity contribution in [2.45, 2.75) is 0 Å². The van der Waals surface area contributed by atoms with Crippen LogP contribution in [0.4, 0.5) is 0 Å². The van der Waals surface area contributed by atoms with Gasteiger partial charge in [-0.05, 0) is 0 Å². The van der Waals surface area contributed by atoms with Crippen LogP contribution in [0, 0.1) is 0 Å². The maximum absolute atomic E-state index is 10.9. The number of rotatable bonds is 0. The van der Waals surface area contributed by atoms with E-state index in [2.05, 4.69) is 9.97 Å². The minimum atomic E-state index is -0.626. The number of nitrogens with zero attached hydrogens (tertiary/aromatic N) is 2. The van der Waals surface area contributed by atoms with E-state index in [1.54, 1.807) is 0 Å². The third kappa shape index (κ3) is 0.746. The summed E-state index contributed by atoms with van der Waals surface area (Å²) < 4.78 is 0. The van der Waals surface area contributed by atoms with Crippen LogP contribution in [0.25, 0.3) is 0 Å². The van der Waals surface area contributed by atoms with Gasteiger partial charge in [-0.2, -0.15) is 0 Å². The summed E-state index contributed by atoms with van der Waals surface area (Å²) >= 11 is 0. The normalized spacial score (nSPS) is 14.3. The molecule has 1 aromatic rings. The van der Waals surface area contributed by atoms with Crippen LogP contribution in [0.3, 0.4) is 0 Å². The minimum absolute atomic E-state index is 0.0437. The van der Waals surface area contributed by atoms with Gasteiger partial charge in [-0.1, -0.05) is 0 Å². The predicted molar refractivity (Wildman–Crippen MR) is 35.5 cm³/mol. The zero-order valence-electron chi connectivity index (χ0n) is 5.74. The van der Waals surface area contributed by atoms with E-state index in [9.17, 15) is 9.59 Å². The van der Waals surface area contributed by atoms with Crippen molar-refractivity contribution in [2.24, 2.45) is 0 Å². The van der Waals surface area contributed by atoms with Crippen molar-refractivity contribution >= 4 is 11.8 Å². The number of aromatic hydroxyl groups is 1. The average Bonchev–Trinajstić information content (AvgIpc) is 2.28. The first-order valence-corrected chi connectivity index (χ1v) is 3.10. The van der Waals surface area contributed by atoms with Crippen molar-refractivity contribution in [1.29, 1.82) is 0 Å². The third-order valence-electron chi connectivity index (χ3n) is 1.42.